The molecule has 22 aromatic carbocycles. The average Bonchev–Trinajstić information content (AvgIpc) is 1.51. The molecule has 4 heterocycles. The van der Waals surface area contributed by atoms with E-state index in [1.54, 1.807) is 0 Å². The Morgan fingerprint density at radius 3 is 0.893 bits per heavy atom. The van der Waals surface area contributed by atoms with Gasteiger partial charge in [-0.2, -0.15) is 0 Å². The summed E-state index contributed by atoms with van der Waals surface area (Å²) in [7, 11) is -3.11. The molecule has 6 heteroatoms. The van der Waals surface area contributed by atoms with Gasteiger partial charge < -0.3 is 18.3 Å². The first-order valence-corrected chi connectivity index (χ1v) is 50.5. The monoisotopic (exact) mass is 1810 g/mol. The summed E-state index contributed by atoms with van der Waals surface area (Å²) < 4.78 is 22.8. The van der Waals surface area contributed by atoms with Gasteiger partial charge in [0.15, 0.2) is 7.14 Å². The summed E-state index contributed by atoms with van der Waals surface area (Å²) in [6.07, 6.45) is 1.85. The molecular weight excluding hydrogens is 1710 g/mol. The average molecular weight is 1810 g/mol. The van der Waals surface area contributed by atoms with Crippen molar-refractivity contribution in [2.75, 3.05) is 0 Å². The van der Waals surface area contributed by atoms with Crippen LogP contribution in [0, 0.1) is 0 Å². The molecule has 5 nitrogen and oxygen atoms in total. The zero-order valence-corrected chi connectivity index (χ0v) is 79.5. The van der Waals surface area contributed by atoms with Crippen molar-refractivity contribution in [3.8, 4) is 84.0 Å². The summed E-state index contributed by atoms with van der Waals surface area (Å²) >= 11 is 0. The third-order valence-electron chi connectivity index (χ3n) is 31.2. The molecule has 29 rings (SSSR count). The van der Waals surface area contributed by atoms with Crippen LogP contribution in [-0.2, 0) is 20.8 Å². The molecule has 0 N–H and O–H groups in total. The van der Waals surface area contributed by atoms with E-state index < -0.39 is 7.14 Å². The van der Waals surface area contributed by atoms with Crippen LogP contribution in [0.3, 0.4) is 0 Å². The second-order valence-electron chi connectivity index (χ2n) is 39.8. The fourth-order valence-corrected chi connectivity index (χ4v) is 27.3. The lowest BCUT2D eigenvalue weighted by Gasteiger charge is -2.35. The summed E-state index contributed by atoms with van der Waals surface area (Å²) in [6.45, 7) is 14.2. The predicted molar refractivity (Wildman–Crippen MR) is 594 cm³/mol. The smallest absolute Gasteiger partial charge is 0.171 e. The molecule has 0 saturated heterocycles. The lowest BCUT2D eigenvalue weighted by molar-refractivity contribution is 0.592. The van der Waals surface area contributed by atoms with E-state index in [0.29, 0.717) is 0 Å². The molecule has 4 aromatic heterocycles. The van der Waals surface area contributed by atoms with Crippen LogP contribution >= 0.6 is 7.14 Å². The van der Waals surface area contributed by atoms with Gasteiger partial charge in [0.25, 0.3) is 0 Å². The third-order valence-corrected chi connectivity index (χ3v) is 34.2. The Balaban J connectivity index is 0.000000106. The van der Waals surface area contributed by atoms with Crippen LogP contribution in [0.15, 0.2) is 467 Å². The number of rotatable bonds is 9. The van der Waals surface area contributed by atoms with E-state index in [9.17, 15) is 0 Å². The van der Waals surface area contributed by atoms with Crippen molar-refractivity contribution in [3.63, 3.8) is 0 Å². The highest BCUT2D eigenvalue weighted by atomic mass is 31.2. The molecule has 0 fully saturated rings. The normalized spacial score (nSPS) is 13.6. The molecule has 0 atom stereocenters. The van der Waals surface area contributed by atoms with Gasteiger partial charge in [-0.3, -0.25) is 4.98 Å². The first kappa shape index (κ1) is 82.6. The molecule has 0 saturated carbocycles. The van der Waals surface area contributed by atoms with Crippen molar-refractivity contribution in [2.24, 2.45) is 0 Å². The predicted octanol–water partition coefficient (Wildman–Crippen LogP) is 34.2. The standard InChI is InChI=1S/C47H34NOP.C47H33N.C40H28N2/c1-47(2)40-22-12-11-21-38(40)45-43-32(15-13-23-41(43)47)30-39-44-37-20-10-9-14-31(37)24-29-42(44)48(46(39)45)33-25-27-36(28-26-33)50(49,34-16-5-3-6-17-34)35-18-7-4-8-19-35;1-47(2)40-22-12-11-21-38(40)45-43-33(19-13-23-41(43)47)29-39-44-37-20-10-9-18-32(37)24-25-42(44)48(46(39)45)36-27-34(30-14-5-3-6-15-30)26-35(28-36)31-16-7-4-8-17-31;1-40(2)32-14-6-5-13-30(32)38-36-27(11-9-15-33(36)40)24-31-37-29-12-4-3-10-25(29)19-22-35(37)42(39(31)38)28-20-17-26(18-21-28)34-16-7-8-23-41-34/h3-30H,1-2H3;3-29H,1-2H3;3-24H,1-2H3. The van der Waals surface area contributed by atoms with E-state index in [2.05, 4.69) is 448 Å². The van der Waals surface area contributed by atoms with Crippen LogP contribution in [0.2, 0.25) is 0 Å². The molecular formula is C134H95N4OP. The van der Waals surface area contributed by atoms with Crippen LogP contribution in [0.5, 0.6) is 0 Å². The largest absolute Gasteiger partial charge is 0.309 e. The van der Waals surface area contributed by atoms with E-state index in [-0.39, 0.29) is 16.2 Å². The maximum atomic E-state index is 15.3. The van der Waals surface area contributed by atoms with Gasteiger partial charge in [-0.1, -0.05) is 399 Å². The number of fused-ring (bicyclic) bond motifs is 24. The van der Waals surface area contributed by atoms with Crippen molar-refractivity contribution < 1.29 is 4.57 Å². The summed E-state index contributed by atoms with van der Waals surface area (Å²) in [6, 6.07) is 167. The van der Waals surface area contributed by atoms with Crippen molar-refractivity contribution in [3.05, 3.63) is 501 Å². The Bertz CT molecular complexity index is 9610. The van der Waals surface area contributed by atoms with Crippen molar-refractivity contribution >= 4 is 153 Å². The van der Waals surface area contributed by atoms with Gasteiger partial charge in [-0.25, -0.2) is 0 Å². The SMILES string of the molecule is CC1(C)c2ccccc2-c2c3c1cccc3cc1c3c4ccccc4ccc3n(-c3cc(-c4ccccc4)cc(-c4ccccc4)c3)c21.CC1(C)c2ccccc2-c2c3c1cccc3cc1c3c4ccccc4ccc3n(-c3ccc(-c4ccccn4)cc3)c21.CC1(C)c2ccccc2-c2c3c1cccc3cc1c3c4ccccc4ccc3n(-c3ccc(P(=O)(c4ccccc4)c4ccccc4)cc3)c21. The molecule has 3 aliphatic carbocycles. The molecule has 0 spiro atoms. The molecule has 0 unspecified atom stereocenters. The summed E-state index contributed by atoms with van der Waals surface area (Å²) in [4.78, 5) is 4.59. The van der Waals surface area contributed by atoms with Gasteiger partial charge in [-0.15, -0.1) is 0 Å². The van der Waals surface area contributed by atoms with Crippen molar-refractivity contribution in [2.45, 2.75) is 57.8 Å². The minimum absolute atomic E-state index is 0.0926. The van der Waals surface area contributed by atoms with E-state index in [1.165, 1.54) is 219 Å². The highest BCUT2D eigenvalue weighted by Crippen LogP contribution is 2.59. The van der Waals surface area contributed by atoms with Gasteiger partial charge in [0.1, 0.15) is 0 Å². The van der Waals surface area contributed by atoms with E-state index in [4.69, 9.17) is 0 Å². The van der Waals surface area contributed by atoms with Crippen LogP contribution in [0.4, 0.5) is 0 Å². The van der Waals surface area contributed by atoms with Gasteiger partial charge in [0.05, 0.1) is 38.8 Å². The summed E-state index contributed by atoms with van der Waals surface area (Å²) in [5, 5.41) is 25.7. The lowest BCUT2D eigenvalue weighted by Crippen LogP contribution is -2.25. The topological polar surface area (TPSA) is 44.8 Å². The molecule has 0 bridgehead atoms. The van der Waals surface area contributed by atoms with Crippen molar-refractivity contribution in [1.82, 2.24) is 18.7 Å². The van der Waals surface area contributed by atoms with Gasteiger partial charge >= 0.3 is 0 Å². The number of hydrogen-bond donors (Lipinski definition) is 0. The van der Waals surface area contributed by atoms with Crippen LogP contribution in [-0.4, -0.2) is 18.7 Å². The Morgan fingerprint density at radius 1 is 0.214 bits per heavy atom. The van der Waals surface area contributed by atoms with Gasteiger partial charge in [0.2, 0.25) is 0 Å². The Kier molecular flexibility index (Phi) is 18.7. The number of aromatic nitrogens is 4. The molecule has 0 aliphatic heterocycles. The van der Waals surface area contributed by atoms with Crippen LogP contribution in [0.25, 0.3) is 214 Å². The number of pyridine rings is 1. The first-order chi connectivity index (χ1) is 68.6. The molecule has 26 aromatic rings. The molecule has 662 valence electrons. The summed E-state index contributed by atoms with van der Waals surface area (Å²) in [5.41, 5.74) is 33.5. The molecule has 140 heavy (non-hydrogen) atoms. The van der Waals surface area contributed by atoms with Crippen LogP contribution in [0.1, 0.15) is 74.9 Å². The Labute approximate surface area is 812 Å². The fraction of sp³-hybridized carbons (Fsp3) is 0.0672. The van der Waals surface area contributed by atoms with E-state index in [1.807, 2.05) is 79.0 Å². The second kappa shape index (κ2) is 31.6. The van der Waals surface area contributed by atoms with Gasteiger partial charge in [0, 0.05) is 110 Å². The third kappa shape index (κ3) is 12.4. The highest BCUT2D eigenvalue weighted by Gasteiger charge is 2.41. The van der Waals surface area contributed by atoms with Gasteiger partial charge in [-0.05, 0) is 240 Å². The highest BCUT2D eigenvalue weighted by molar-refractivity contribution is 7.85. The minimum Gasteiger partial charge on any atom is -0.309 e. The number of hydrogen-bond acceptors (Lipinski definition) is 2. The number of benzene rings is 22. The van der Waals surface area contributed by atoms with Crippen LogP contribution < -0.4 is 15.9 Å². The van der Waals surface area contributed by atoms with E-state index in [0.717, 1.165) is 44.1 Å². The maximum absolute atomic E-state index is 15.3. The van der Waals surface area contributed by atoms with Crippen molar-refractivity contribution in [1.29, 1.82) is 0 Å². The Hall–Kier alpha value is -16.8. The lowest BCUT2D eigenvalue weighted by atomic mass is 9.68. The Morgan fingerprint density at radius 2 is 0.521 bits per heavy atom. The zero-order chi connectivity index (χ0) is 93.6. The maximum Gasteiger partial charge on any atom is 0.171 e. The van der Waals surface area contributed by atoms with E-state index >= 15 is 4.57 Å². The first-order valence-electron chi connectivity index (χ1n) is 48.8. The zero-order valence-electron chi connectivity index (χ0n) is 78.6. The quantitative estimate of drug-likeness (QED) is 0.135. The fourth-order valence-electron chi connectivity index (χ4n) is 24.7. The second-order valence-corrected chi connectivity index (χ2v) is 42.5. The summed E-state index contributed by atoms with van der Waals surface area (Å²) in [5.74, 6) is 0. The molecule has 0 amide bonds. The minimum atomic E-state index is -3.11. The number of nitrogens with zero attached hydrogens (tertiary/aromatic N) is 4. The molecule has 3 aliphatic rings. The molecule has 0 radical (unpaired) electrons.